The molecule has 1 atom stereocenters. The number of aryl methyl sites for hydroxylation is 1. The van der Waals surface area contributed by atoms with Crippen LogP contribution >= 0.6 is 0 Å². The number of hydrogen-bond acceptors (Lipinski definition) is 2. The van der Waals surface area contributed by atoms with Gasteiger partial charge in [0.25, 0.3) is 0 Å². The van der Waals surface area contributed by atoms with Crippen molar-refractivity contribution in [2.45, 2.75) is 19.4 Å². The van der Waals surface area contributed by atoms with E-state index in [2.05, 4.69) is 31.2 Å². The maximum absolute atomic E-state index is 8.98. The Hall–Kier alpha value is -1.38. The van der Waals surface area contributed by atoms with Crippen molar-refractivity contribution in [1.29, 1.82) is 0 Å². The van der Waals surface area contributed by atoms with E-state index in [0.717, 1.165) is 5.56 Å². The summed E-state index contributed by atoms with van der Waals surface area (Å²) in [6.07, 6.45) is 0.606. The first-order valence-corrected chi connectivity index (χ1v) is 5.58. The molecule has 0 saturated heterocycles. The Morgan fingerprint density at radius 2 is 1.94 bits per heavy atom. The van der Waals surface area contributed by atoms with Crippen molar-refractivity contribution >= 4 is 10.8 Å². The summed E-state index contributed by atoms with van der Waals surface area (Å²) in [4.78, 5) is 0. The lowest BCUT2D eigenvalue weighted by molar-refractivity contribution is 0.276. The minimum atomic E-state index is -0.0869. The summed E-state index contributed by atoms with van der Waals surface area (Å²) in [5, 5.41) is 11.4. The molecule has 2 nitrogen and oxygen atoms in total. The van der Waals surface area contributed by atoms with E-state index >= 15 is 0 Å². The zero-order valence-electron chi connectivity index (χ0n) is 9.48. The third kappa shape index (κ3) is 1.94. The quantitative estimate of drug-likeness (QED) is 0.826. The number of aliphatic hydroxyl groups excluding tert-OH is 1. The van der Waals surface area contributed by atoms with Gasteiger partial charge in [-0.2, -0.15) is 0 Å². The predicted molar refractivity (Wildman–Crippen MR) is 67.3 cm³/mol. The van der Waals surface area contributed by atoms with Crippen LogP contribution in [-0.2, 0) is 0 Å². The molecule has 0 radical (unpaired) electrons. The lowest BCUT2D eigenvalue weighted by atomic mass is 9.93. The fraction of sp³-hybridized carbons (Fsp3) is 0.286. The molecule has 0 saturated carbocycles. The fourth-order valence-electron chi connectivity index (χ4n) is 2.18. The van der Waals surface area contributed by atoms with Gasteiger partial charge in [0.2, 0.25) is 0 Å². The zero-order valence-corrected chi connectivity index (χ0v) is 9.48. The summed E-state index contributed by atoms with van der Waals surface area (Å²) < 4.78 is 0. The number of nitrogens with two attached hydrogens (primary N) is 1. The van der Waals surface area contributed by atoms with Gasteiger partial charge in [0.1, 0.15) is 0 Å². The van der Waals surface area contributed by atoms with Crippen LogP contribution in [0.2, 0.25) is 0 Å². The molecule has 84 valence electrons. The largest absolute Gasteiger partial charge is 0.396 e. The van der Waals surface area contributed by atoms with E-state index in [1.807, 2.05) is 12.1 Å². The lowest BCUT2D eigenvalue weighted by Gasteiger charge is -2.16. The minimum Gasteiger partial charge on any atom is -0.396 e. The fourth-order valence-corrected chi connectivity index (χ4v) is 2.18. The molecule has 2 aromatic rings. The molecule has 0 bridgehead atoms. The maximum Gasteiger partial charge on any atom is 0.0449 e. The molecule has 0 aliphatic rings. The number of hydrogen-bond donors (Lipinski definition) is 2. The summed E-state index contributed by atoms with van der Waals surface area (Å²) in [6, 6.07) is 12.3. The van der Waals surface area contributed by atoms with E-state index in [1.54, 1.807) is 0 Å². The van der Waals surface area contributed by atoms with Gasteiger partial charge in [-0.25, -0.2) is 0 Å². The second-order valence-corrected chi connectivity index (χ2v) is 4.14. The van der Waals surface area contributed by atoms with Gasteiger partial charge in [-0.1, -0.05) is 36.4 Å². The van der Waals surface area contributed by atoms with Gasteiger partial charge in [0.15, 0.2) is 0 Å². The average Bonchev–Trinajstić information content (AvgIpc) is 2.29. The normalized spacial score (nSPS) is 12.9. The van der Waals surface area contributed by atoms with Crippen LogP contribution in [0.3, 0.4) is 0 Å². The number of aliphatic hydroxyl groups is 1. The second kappa shape index (κ2) is 4.64. The SMILES string of the molecule is Cc1ccc2ccccc2c1C(N)CCO. The number of fused-ring (bicyclic) bond motifs is 1. The molecule has 0 spiro atoms. The number of rotatable bonds is 3. The monoisotopic (exact) mass is 215 g/mol. The Kier molecular flexibility index (Phi) is 3.22. The topological polar surface area (TPSA) is 46.2 Å². The lowest BCUT2D eigenvalue weighted by Crippen LogP contribution is -2.13. The first kappa shape index (κ1) is 11.1. The third-order valence-electron chi connectivity index (χ3n) is 3.00. The first-order chi connectivity index (χ1) is 7.74. The van der Waals surface area contributed by atoms with E-state index in [1.165, 1.54) is 16.3 Å². The van der Waals surface area contributed by atoms with Crippen molar-refractivity contribution in [3.05, 3.63) is 47.5 Å². The summed E-state index contributed by atoms with van der Waals surface area (Å²) in [5.74, 6) is 0. The summed E-state index contributed by atoms with van der Waals surface area (Å²) in [6.45, 7) is 2.20. The summed E-state index contributed by atoms with van der Waals surface area (Å²) >= 11 is 0. The summed E-state index contributed by atoms with van der Waals surface area (Å²) in [7, 11) is 0. The molecule has 2 aromatic carbocycles. The van der Waals surface area contributed by atoms with Crippen LogP contribution in [-0.4, -0.2) is 11.7 Å². The molecule has 2 rings (SSSR count). The van der Waals surface area contributed by atoms with Crippen LogP contribution in [0.25, 0.3) is 10.8 Å². The summed E-state index contributed by atoms with van der Waals surface area (Å²) in [5.41, 5.74) is 8.47. The van der Waals surface area contributed by atoms with Gasteiger partial charge < -0.3 is 10.8 Å². The minimum absolute atomic E-state index is 0.0869. The van der Waals surface area contributed by atoms with Crippen molar-refractivity contribution in [3.63, 3.8) is 0 Å². The van der Waals surface area contributed by atoms with Crippen LogP contribution in [0.5, 0.6) is 0 Å². The highest BCUT2D eigenvalue weighted by molar-refractivity contribution is 5.87. The molecule has 1 unspecified atom stereocenters. The average molecular weight is 215 g/mol. The highest BCUT2D eigenvalue weighted by atomic mass is 16.3. The van der Waals surface area contributed by atoms with Crippen LogP contribution < -0.4 is 5.73 Å². The Labute approximate surface area is 95.7 Å². The van der Waals surface area contributed by atoms with Crippen molar-refractivity contribution in [2.75, 3.05) is 6.61 Å². The highest BCUT2D eigenvalue weighted by Gasteiger charge is 2.11. The Morgan fingerprint density at radius 1 is 1.19 bits per heavy atom. The smallest absolute Gasteiger partial charge is 0.0449 e. The van der Waals surface area contributed by atoms with E-state index in [-0.39, 0.29) is 12.6 Å². The molecule has 0 fully saturated rings. The first-order valence-electron chi connectivity index (χ1n) is 5.58. The number of benzene rings is 2. The van der Waals surface area contributed by atoms with Crippen molar-refractivity contribution < 1.29 is 5.11 Å². The van der Waals surface area contributed by atoms with Crippen molar-refractivity contribution in [2.24, 2.45) is 5.73 Å². The van der Waals surface area contributed by atoms with Crippen molar-refractivity contribution in [3.8, 4) is 0 Å². The molecule has 0 aromatic heterocycles. The van der Waals surface area contributed by atoms with Crippen molar-refractivity contribution in [1.82, 2.24) is 0 Å². The van der Waals surface area contributed by atoms with Gasteiger partial charge in [0, 0.05) is 12.6 Å². The van der Waals surface area contributed by atoms with Gasteiger partial charge >= 0.3 is 0 Å². The van der Waals surface area contributed by atoms with Crippen LogP contribution in [0.4, 0.5) is 0 Å². The van der Waals surface area contributed by atoms with Crippen LogP contribution in [0, 0.1) is 6.92 Å². The van der Waals surface area contributed by atoms with Crippen LogP contribution in [0.15, 0.2) is 36.4 Å². The standard InChI is InChI=1S/C14H17NO/c1-10-6-7-11-4-2-3-5-12(11)14(10)13(15)8-9-16/h2-7,13,16H,8-9,15H2,1H3. The van der Waals surface area contributed by atoms with Gasteiger partial charge in [-0.05, 0) is 35.2 Å². The van der Waals surface area contributed by atoms with E-state index in [0.29, 0.717) is 6.42 Å². The molecule has 0 aliphatic carbocycles. The predicted octanol–water partition coefficient (Wildman–Crippen LogP) is 2.53. The van der Waals surface area contributed by atoms with E-state index < -0.39 is 0 Å². The Balaban J connectivity index is 2.61. The zero-order chi connectivity index (χ0) is 11.5. The highest BCUT2D eigenvalue weighted by Crippen LogP contribution is 2.27. The third-order valence-corrected chi connectivity index (χ3v) is 3.00. The van der Waals surface area contributed by atoms with Gasteiger partial charge in [-0.15, -0.1) is 0 Å². The maximum atomic E-state index is 8.98. The van der Waals surface area contributed by atoms with Crippen LogP contribution in [0.1, 0.15) is 23.6 Å². The molecule has 2 heteroatoms. The molecule has 0 heterocycles. The van der Waals surface area contributed by atoms with Gasteiger partial charge in [-0.3, -0.25) is 0 Å². The molecular weight excluding hydrogens is 198 g/mol. The Morgan fingerprint density at radius 3 is 2.69 bits per heavy atom. The molecule has 0 amide bonds. The second-order valence-electron chi connectivity index (χ2n) is 4.14. The molecular formula is C14H17NO. The Bertz CT molecular complexity index is 493. The van der Waals surface area contributed by atoms with E-state index in [9.17, 15) is 0 Å². The van der Waals surface area contributed by atoms with E-state index in [4.69, 9.17) is 10.8 Å². The molecule has 0 aliphatic heterocycles. The molecule has 16 heavy (non-hydrogen) atoms. The van der Waals surface area contributed by atoms with Gasteiger partial charge in [0.05, 0.1) is 0 Å². The molecule has 3 N–H and O–H groups in total.